The topological polar surface area (TPSA) is 55.6 Å². The first-order valence-corrected chi connectivity index (χ1v) is 7.11. The summed E-state index contributed by atoms with van der Waals surface area (Å²) in [5, 5.41) is 16.1. The summed E-state index contributed by atoms with van der Waals surface area (Å²) in [5.41, 5.74) is 1.15. The molecule has 0 saturated heterocycles. The van der Waals surface area contributed by atoms with Crippen LogP contribution in [0, 0.1) is 0 Å². The molecule has 1 aliphatic carbocycles. The highest BCUT2D eigenvalue weighted by Gasteiger charge is 2.27. The molecular formula is C12H15N5S. The van der Waals surface area contributed by atoms with Crippen molar-refractivity contribution in [3.8, 4) is 0 Å². The zero-order valence-corrected chi connectivity index (χ0v) is 10.8. The third-order valence-electron chi connectivity index (χ3n) is 2.79. The third-order valence-corrected chi connectivity index (χ3v) is 3.73. The second-order valence-electron chi connectivity index (χ2n) is 4.28. The first kappa shape index (κ1) is 11.5. The van der Waals surface area contributed by atoms with Gasteiger partial charge in [-0.15, -0.1) is 5.10 Å². The van der Waals surface area contributed by atoms with Crippen LogP contribution in [0.2, 0.25) is 0 Å². The van der Waals surface area contributed by atoms with Crippen LogP contribution in [0.4, 0.5) is 5.69 Å². The van der Waals surface area contributed by atoms with E-state index in [4.69, 9.17) is 0 Å². The highest BCUT2D eigenvalue weighted by atomic mass is 32.2. The zero-order valence-electron chi connectivity index (χ0n) is 9.99. The average Bonchev–Trinajstić information content (AvgIpc) is 3.16. The van der Waals surface area contributed by atoms with Gasteiger partial charge in [-0.25, -0.2) is 4.68 Å². The first-order valence-electron chi connectivity index (χ1n) is 6.13. The van der Waals surface area contributed by atoms with Crippen molar-refractivity contribution in [3.05, 3.63) is 30.3 Å². The van der Waals surface area contributed by atoms with E-state index in [0.29, 0.717) is 6.04 Å². The van der Waals surface area contributed by atoms with Crippen LogP contribution in [0.5, 0.6) is 0 Å². The number of tetrazole rings is 1. The number of para-hydroxylation sites is 1. The molecule has 0 atom stereocenters. The van der Waals surface area contributed by atoms with E-state index in [1.54, 1.807) is 11.8 Å². The molecule has 0 radical (unpaired) electrons. The van der Waals surface area contributed by atoms with Crippen LogP contribution >= 0.6 is 11.8 Å². The predicted molar refractivity (Wildman–Crippen MR) is 71.7 cm³/mol. The van der Waals surface area contributed by atoms with Crippen molar-refractivity contribution in [1.82, 2.24) is 20.2 Å². The molecule has 2 aromatic rings. The van der Waals surface area contributed by atoms with Gasteiger partial charge in [-0.2, -0.15) is 0 Å². The fourth-order valence-corrected chi connectivity index (χ4v) is 2.52. The summed E-state index contributed by atoms with van der Waals surface area (Å²) in [4.78, 5) is 0. The van der Waals surface area contributed by atoms with Gasteiger partial charge in [0.15, 0.2) is 0 Å². The number of hydrogen-bond acceptors (Lipinski definition) is 5. The largest absolute Gasteiger partial charge is 0.384 e. The van der Waals surface area contributed by atoms with E-state index in [1.807, 2.05) is 22.9 Å². The maximum Gasteiger partial charge on any atom is 0.209 e. The van der Waals surface area contributed by atoms with Crippen LogP contribution in [0.25, 0.3) is 0 Å². The van der Waals surface area contributed by atoms with E-state index in [2.05, 4.69) is 33.0 Å². The van der Waals surface area contributed by atoms with Crippen molar-refractivity contribution in [2.24, 2.45) is 0 Å². The smallest absolute Gasteiger partial charge is 0.209 e. The van der Waals surface area contributed by atoms with Crippen molar-refractivity contribution in [2.75, 3.05) is 17.6 Å². The number of benzene rings is 1. The van der Waals surface area contributed by atoms with Crippen molar-refractivity contribution in [3.63, 3.8) is 0 Å². The lowest BCUT2D eigenvalue weighted by molar-refractivity contribution is 0.565. The number of thioether (sulfide) groups is 1. The quantitative estimate of drug-likeness (QED) is 0.638. The number of aromatic nitrogens is 4. The molecule has 0 aliphatic heterocycles. The zero-order chi connectivity index (χ0) is 12.2. The van der Waals surface area contributed by atoms with E-state index in [0.717, 1.165) is 23.1 Å². The van der Waals surface area contributed by atoms with Gasteiger partial charge in [-0.1, -0.05) is 30.0 Å². The lowest BCUT2D eigenvalue weighted by Crippen LogP contribution is -2.05. The lowest BCUT2D eigenvalue weighted by Gasteiger charge is -2.05. The van der Waals surface area contributed by atoms with Gasteiger partial charge in [0.25, 0.3) is 0 Å². The van der Waals surface area contributed by atoms with Gasteiger partial charge in [0, 0.05) is 18.0 Å². The lowest BCUT2D eigenvalue weighted by atomic mass is 10.3. The Labute approximate surface area is 110 Å². The molecule has 3 rings (SSSR count). The highest BCUT2D eigenvalue weighted by Crippen LogP contribution is 2.36. The molecule has 1 N–H and O–H groups in total. The summed E-state index contributed by atoms with van der Waals surface area (Å²) in [5.74, 6) is 0.960. The van der Waals surface area contributed by atoms with Crippen LogP contribution in [-0.4, -0.2) is 32.5 Å². The monoisotopic (exact) mass is 261 g/mol. The molecule has 0 bridgehead atoms. The Bertz CT molecular complexity index is 494. The van der Waals surface area contributed by atoms with Crippen molar-refractivity contribution < 1.29 is 0 Å². The molecule has 0 spiro atoms. The maximum absolute atomic E-state index is 4.06. The highest BCUT2D eigenvalue weighted by molar-refractivity contribution is 7.99. The van der Waals surface area contributed by atoms with Crippen molar-refractivity contribution in [1.29, 1.82) is 0 Å². The fourth-order valence-electron chi connectivity index (χ4n) is 1.72. The molecule has 6 heteroatoms. The summed E-state index contributed by atoms with van der Waals surface area (Å²) >= 11 is 1.71. The van der Waals surface area contributed by atoms with Gasteiger partial charge in [0.2, 0.25) is 5.16 Å². The molecule has 1 heterocycles. The SMILES string of the molecule is c1ccc(NCCSc2nnnn2C2CC2)cc1. The number of nitrogens with one attached hydrogen (secondary N) is 1. The molecule has 5 nitrogen and oxygen atoms in total. The number of rotatable bonds is 6. The first-order chi connectivity index (χ1) is 8.93. The van der Waals surface area contributed by atoms with Gasteiger partial charge in [-0.3, -0.25) is 0 Å². The summed E-state index contributed by atoms with van der Waals surface area (Å²) in [6, 6.07) is 10.8. The molecular weight excluding hydrogens is 246 g/mol. The molecule has 0 amide bonds. The van der Waals surface area contributed by atoms with Crippen LogP contribution < -0.4 is 5.32 Å². The normalized spacial score (nSPS) is 14.7. The predicted octanol–water partition coefficient (Wildman–Crippen LogP) is 2.21. The van der Waals surface area contributed by atoms with E-state index in [9.17, 15) is 0 Å². The molecule has 1 aliphatic rings. The van der Waals surface area contributed by atoms with E-state index >= 15 is 0 Å². The number of nitrogens with zero attached hydrogens (tertiary/aromatic N) is 4. The van der Waals surface area contributed by atoms with Gasteiger partial charge in [0.1, 0.15) is 0 Å². The average molecular weight is 261 g/mol. The Morgan fingerprint density at radius 2 is 2.11 bits per heavy atom. The second-order valence-corrected chi connectivity index (χ2v) is 5.34. The third kappa shape index (κ3) is 2.81. The Morgan fingerprint density at radius 1 is 1.28 bits per heavy atom. The van der Waals surface area contributed by atoms with Crippen LogP contribution in [0.3, 0.4) is 0 Å². The summed E-state index contributed by atoms with van der Waals surface area (Å²) in [6.45, 7) is 0.909. The standard InChI is InChI=1S/C12H15N5S/c1-2-4-10(5-3-1)13-8-9-18-12-14-15-16-17(12)11-6-7-11/h1-5,11,13H,6-9H2. The molecule has 0 unspecified atom stereocenters. The van der Waals surface area contributed by atoms with Crippen LogP contribution in [-0.2, 0) is 0 Å². The Hall–Kier alpha value is -1.56. The minimum atomic E-state index is 0.546. The van der Waals surface area contributed by atoms with Gasteiger partial charge in [-0.05, 0) is 35.4 Å². The molecule has 1 aromatic heterocycles. The summed E-state index contributed by atoms with van der Waals surface area (Å²) in [6.07, 6.45) is 2.42. The minimum absolute atomic E-state index is 0.546. The van der Waals surface area contributed by atoms with Crippen molar-refractivity contribution in [2.45, 2.75) is 24.0 Å². The number of hydrogen-bond donors (Lipinski definition) is 1. The molecule has 94 valence electrons. The Balaban J connectivity index is 1.45. The van der Waals surface area contributed by atoms with Gasteiger partial charge < -0.3 is 5.32 Å². The number of anilines is 1. The van der Waals surface area contributed by atoms with Crippen molar-refractivity contribution >= 4 is 17.4 Å². The van der Waals surface area contributed by atoms with Gasteiger partial charge >= 0.3 is 0 Å². The fraction of sp³-hybridized carbons (Fsp3) is 0.417. The van der Waals surface area contributed by atoms with Gasteiger partial charge in [0.05, 0.1) is 6.04 Å². The summed E-state index contributed by atoms with van der Waals surface area (Å²) in [7, 11) is 0. The maximum atomic E-state index is 4.06. The molecule has 1 fully saturated rings. The van der Waals surface area contributed by atoms with E-state index in [1.165, 1.54) is 12.8 Å². The molecule has 1 saturated carbocycles. The Morgan fingerprint density at radius 3 is 2.89 bits per heavy atom. The Kier molecular flexibility index (Phi) is 3.45. The molecule has 1 aromatic carbocycles. The second kappa shape index (κ2) is 5.39. The molecule has 18 heavy (non-hydrogen) atoms. The summed E-state index contributed by atoms with van der Waals surface area (Å²) < 4.78 is 1.95. The van der Waals surface area contributed by atoms with E-state index < -0.39 is 0 Å². The van der Waals surface area contributed by atoms with Crippen LogP contribution in [0.1, 0.15) is 18.9 Å². The van der Waals surface area contributed by atoms with Crippen LogP contribution in [0.15, 0.2) is 35.5 Å². The minimum Gasteiger partial charge on any atom is -0.384 e. The van der Waals surface area contributed by atoms with E-state index in [-0.39, 0.29) is 0 Å².